The summed E-state index contributed by atoms with van der Waals surface area (Å²) < 4.78 is 6.41. The molecular formula is C24H29N3O2S. The molecule has 3 heterocycles. The van der Waals surface area contributed by atoms with E-state index < -0.39 is 0 Å². The van der Waals surface area contributed by atoms with Gasteiger partial charge in [-0.25, -0.2) is 4.98 Å². The molecule has 0 bridgehead atoms. The van der Waals surface area contributed by atoms with Crippen LogP contribution < -0.4 is 4.90 Å². The minimum Gasteiger partial charge on any atom is -0.466 e. The fourth-order valence-electron chi connectivity index (χ4n) is 3.94. The molecule has 1 fully saturated rings. The van der Waals surface area contributed by atoms with Gasteiger partial charge in [0.15, 0.2) is 0 Å². The fraction of sp³-hybridized carbons (Fsp3) is 0.417. The monoisotopic (exact) mass is 423 g/mol. The number of anilines is 1. The van der Waals surface area contributed by atoms with Crippen LogP contribution in [-0.4, -0.2) is 55.2 Å². The van der Waals surface area contributed by atoms with Gasteiger partial charge < -0.3 is 14.5 Å². The number of aromatic nitrogens is 1. The number of piperazine rings is 1. The molecule has 0 aliphatic carbocycles. The number of hydrogen-bond donors (Lipinski definition) is 0. The molecule has 0 radical (unpaired) electrons. The number of thiophene rings is 1. The quantitative estimate of drug-likeness (QED) is 0.534. The molecule has 2 aromatic heterocycles. The number of carbonyl (C=O) groups excluding carboxylic acids is 1. The summed E-state index contributed by atoms with van der Waals surface area (Å²) in [6, 6.07) is 12.5. The van der Waals surface area contributed by atoms with E-state index in [0.29, 0.717) is 6.61 Å². The van der Waals surface area contributed by atoms with Crippen molar-refractivity contribution < 1.29 is 9.53 Å². The summed E-state index contributed by atoms with van der Waals surface area (Å²) in [4.78, 5) is 22.0. The Labute approximate surface area is 182 Å². The summed E-state index contributed by atoms with van der Waals surface area (Å²) in [7, 11) is 0. The number of esters is 1. The standard InChI is InChI=1S/C24H29N3O2S/c1-4-26-11-13-27(14-12-26)23-22-20(10-15-30-22)16-21(25-23)19-8-6-18(7-9-19)17(3)24(28)29-5-2/h6-10,15-17H,4-5,11-14H2,1-3H3. The van der Waals surface area contributed by atoms with Crippen molar-refractivity contribution in [3.05, 3.63) is 47.3 Å². The lowest BCUT2D eigenvalue weighted by molar-refractivity contribution is -0.144. The molecule has 1 atom stereocenters. The summed E-state index contributed by atoms with van der Waals surface area (Å²) in [6.45, 7) is 11.6. The maximum absolute atomic E-state index is 12.0. The molecule has 3 aromatic rings. The largest absolute Gasteiger partial charge is 0.466 e. The number of carbonyl (C=O) groups is 1. The van der Waals surface area contributed by atoms with E-state index in [2.05, 4.69) is 46.4 Å². The van der Waals surface area contributed by atoms with E-state index >= 15 is 0 Å². The molecular weight excluding hydrogens is 394 g/mol. The first kappa shape index (κ1) is 20.8. The van der Waals surface area contributed by atoms with Gasteiger partial charge in [0, 0.05) is 31.7 Å². The van der Waals surface area contributed by atoms with E-state index in [4.69, 9.17) is 9.72 Å². The molecule has 5 nitrogen and oxygen atoms in total. The highest BCUT2D eigenvalue weighted by molar-refractivity contribution is 7.17. The van der Waals surface area contributed by atoms with Gasteiger partial charge >= 0.3 is 5.97 Å². The molecule has 1 unspecified atom stereocenters. The number of rotatable bonds is 6. The predicted molar refractivity (Wildman–Crippen MR) is 124 cm³/mol. The zero-order valence-electron chi connectivity index (χ0n) is 17.9. The molecule has 6 heteroatoms. The minimum absolute atomic E-state index is 0.184. The Kier molecular flexibility index (Phi) is 6.35. The second-order valence-electron chi connectivity index (χ2n) is 7.69. The van der Waals surface area contributed by atoms with Crippen molar-refractivity contribution in [1.82, 2.24) is 9.88 Å². The second kappa shape index (κ2) is 9.14. The number of fused-ring (bicyclic) bond motifs is 1. The Balaban J connectivity index is 1.62. The summed E-state index contributed by atoms with van der Waals surface area (Å²) in [5, 5.41) is 3.38. The lowest BCUT2D eigenvalue weighted by atomic mass is 9.99. The molecule has 4 rings (SSSR count). The number of ether oxygens (including phenoxy) is 1. The normalized spacial score (nSPS) is 16.0. The molecule has 0 spiro atoms. The van der Waals surface area contributed by atoms with Crippen LogP contribution in [0.5, 0.6) is 0 Å². The van der Waals surface area contributed by atoms with E-state index in [1.54, 1.807) is 11.3 Å². The zero-order chi connectivity index (χ0) is 21.1. The number of likely N-dealkylation sites (N-methyl/N-ethyl adjacent to an activating group) is 1. The van der Waals surface area contributed by atoms with E-state index in [1.165, 1.54) is 10.1 Å². The van der Waals surface area contributed by atoms with Crippen LogP contribution in [-0.2, 0) is 9.53 Å². The van der Waals surface area contributed by atoms with Crippen molar-refractivity contribution in [2.24, 2.45) is 0 Å². The summed E-state index contributed by atoms with van der Waals surface area (Å²) >= 11 is 1.76. The SMILES string of the molecule is CCOC(=O)C(C)c1ccc(-c2cc3ccsc3c(N3CCN(CC)CC3)n2)cc1. The van der Waals surface area contributed by atoms with Crippen molar-refractivity contribution in [2.75, 3.05) is 44.2 Å². The average molecular weight is 424 g/mol. The molecule has 1 aliphatic heterocycles. The van der Waals surface area contributed by atoms with Gasteiger partial charge in [-0.2, -0.15) is 0 Å². The van der Waals surface area contributed by atoms with Crippen LogP contribution in [0.25, 0.3) is 21.3 Å². The maximum Gasteiger partial charge on any atom is 0.313 e. The highest BCUT2D eigenvalue weighted by atomic mass is 32.1. The van der Waals surface area contributed by atoms with Crippen LogP contribution in [0.1, 0.15) is 32.3 Å². The van der Waals surface area contributed by atoms with Crippen LogP contribution in [0.15, 0.2) is 41.8 Å². The third kappa shape index (κ3) is 4.20. The first-order valence-electron chi connectivity index (χ1n) is 10.7. The topological polar surface area (TPSA) is 45.7 Å². The average Bonchev–Trinajstić information content (AvgIpc) is 3.27. The number of nitrogens with zero attached hydrogens (tertiary/aromatic N) is 3. The zero-order valence-corrected chi connectivity index (χ0v) is 18.7. The summed E-state index contributed by atoms with van der Waals surface area (Å²) in [6.07, 6.45) is 0. The molecule has 0 N–H and O–H groups in total. The van der Waals surface area contributed by atoms with Gasteiger partial charge in [0.1, 0.15) is 5.82 Å². The molecule has 1 saturated heterocycles. The smallest absolute Gasteiger partial charge is 0.313 e. The van der Waals surface area contributed by atoms with E-state index in [-0.39, 0.29) is 11.9 Å². The van der Waals surface area contributed by atoms with Crippen LogP contribution in [0.2, 0.25) is 0 Å². The lowest BCUT2D eigenvalue weighted by Crippen LogP contribution is -2.46. The second-order valence-corrected chi connectivity index (χ2v) is 8.60. The third-order valence-corrected chi connectivity index (χ3v) is 6.81. The first-order chi connectivity index (χ1) is 14.6. The maximum atomic E-state index is 12.0. The number of benzene rings is 1. The summed E-state index contributed by atoms with van der Waals surface area (Å²) in [5.74, 6) is 0.644. The number of hydrogen-bond acceptors (Lipinski definition) is 6. The van der Waals surface area contributed by atoms with Crippen molar-refractivity contribution in [3.63, 3.8) is 0 Å². The van der Waals surface area contributed by atoms with Crippen LogP contribution in [0.3, 0.4) is 0 Å². The van der Waals surface area contributed by atoms with E-state index in [1.807, 2.05) is 26.0 Å². The minimum atomic E-state index is -0.267. The molecule has 0 amide bonds. The molecule has 1 aromatic carbocycles. The lowest BCUT2D eigenvalue weighted by Gasteiger charge is -2.35. The highest BCUT2D eigenvalue weighted by Crippen LogP contribution is 2.34. The van der Waals surface area contributed by atoms with Crippen LogP contribution >= 0.6 is 11.3 Å². The van der Waals surface area contributed by atoms with Crippen molar-refractivity contribution >= 4 is 33.2 Å². The van der Waals surface area contributed by atoms with Gasteiger partial charge in [-0.05, 0) is 48.9 Å². The van der Waals surface area contributed by atoms with Crippen molar-refractivity contribution in [2.45, 2.75) is 26.7 Å². The van der Waals surface area contributed by atoms with Gasteiger partial charge in [-0.15, -0.1) is 11.3 Å². The Morgan fingerprint density at radius 2 is 1.87 bits per heavy atom. The van der Waals surface area contributed by atoms with Crippen LogP contribution in [0.4, 0.5) is 5.82 Å². The van der Waals surface area contributed by atoms with Crippen molar-refractivity contribution in [3.8, 4) is 11.3 Å². The van der Waals surface area contributed by atoms with E-state index in [9.17, 15) is 4.79 Å². The third-order valence-electron chi connectivity index (χ3n) is 5.88. The van der Waals surface area contributed by atoms with Gasteiger partial charge in [0.25, 0.3) is 0 Å². The Morgan fingerprint density at radius 3 is 2.53 bits per heavy atom. The van der Waals surface area contributed by atoms with Crippen LogP contribution in [0, 0.1) is 0 Å². The van der Waals surface area contributed by atoms with E-state index in [0.717, 1.165) is 55.4 Å². The van der Waals surface area contributed by atoms with Gasteiger partial charge in [-0.1, -0.05) is 31.2 Å². The van der Waals surface area contributed by atoms with Gasteiger partial charge in [0.2, 0.25) is 0 Å². The van der Waals surface area contributed by atoms with Gasteiger partial charge in [0.05, 0.1) is 22.9 Å². The first-order valence-corrected chi connectivity index (χ1v) is 11.6. The molecule has 0 saturated carbocycles. The van der Waals surface area contributed by atoms with Crippen molar-refractivity contribution in [1.29, 1.82) is 0 Å². The fourth-order valence-corrected chi connectivity index (χ4v) is 4.84. The summed E-state index contributed by atoms with van der Waals surface area (Å²) in [5.41, 5.74) is 3.00. The molecule has 30 heavy (non-hydrogen) atoms. The molecule has 158 valence electrons. The van der Waals surface area contributed by atoms with Gasteiger partial charge in [-0.3, -0.25) is 4.79 Å². The predicted octanol–water partition coefficient (Wildman–Crippen LogP) is 4.77. The molecule has 1 aliphatic rings. The number of pyridine rings is 1. The Bertz CT molecular complexity index is 1010. The Hall–Kier alpha value is -2.44. The Morgan fingerprint density at radius 1 is 1.13 bits per heavy atom. The highest BCUT2D eigenvalue weighted by Gasteiger charge is 2.21.